The van der Waals surface area contributed by atoms with Gasteiger partial charge in [0.05, 0.1) is 20.9 Å². The highest BCUT2D eigenvalue weighted by Crippen LogP contribution is 2.17. The van der Waals surface area contributed by atoms with Gasteiger partial charge >= 0.3 is 0 Å². The van der Waals surface area contributed by atoms with Crippen molar-refractivity contribution in [1.82, 2.24) is 0 Å². The smallest absolute Gasteiger partial charge is 0.258 e. The minimum absolute atomic E-state index is 0.0394. The highest BCUT2D eigenvalue weighted by molar-refractivity contribution is 7.89. The Bertz CT molecular complexity index is 1870. The van der Waals surface area contributed by atoms with Gasteiger partial charge in [-0.05, 0) is 97.2 Å². The quantitative estimate of drug-likeness (QED) is 0.180. The minimum atomic E-state index is -3.86. The molecular weight excluding hydrogens is 626 g/mol. The van der Waals surface area contributed by atoms with Crippen LogP contribution in [0.1, 0.15) is 31.8 Å². The molecule has 1 amide bonds. The molecule has 0 radical (unpaired) electrons. The summed E-state index contributed by atoms with van der Waals surface area (Å²) in [6.07, 6.45) is 0. The van der Waals surface area contributed by atoms with E-state index in [2.05, 4.69) is 5.32 Å². The summed E-state index contributed by atoms with van der Waals surface area (Å²) < 4.78 is 70.4. The van der Waals surface area contributed by atoms with Gasteiger partial charge in [0.15, 0.2) is 0 Å². The van der Waals surface area contributed by atoms with Gasteiger partial charge in [0, 0.05) is 11.4 Å². The molecule has 43 heavy (non-hydrogen) atoms. The predicted octanol–water partition coefficient (Wildman–Crippen LogP) is 4.46. The average Bonchev–Trinajstić information content (AvgIpc) is 2.88. The van der Waals surface area contributed by atoms with Crippen molar-refractivity contribution in [3.8, 4) is 0 Å². The third-order valence-corrected chi connectivity index (χ3v) is 7.34. The van der Waals surface area contributed by atoms with Crippen LogP contribution in [-0.4, -0.2) is 28.0 Å². The van der Waals surface area contributed by atoms with Crippen LogP contribution >= 0.6 is 11.6 Å². The number of nitrogens with two attached hydrogens (primary N) is 3. The van der Waals surface area contributed by atoms with E-state index in [4.69, 9.17) is 27.6 Å². The normalized spacial score (nSPS) is 10.9. The molecule has 0 spiro atoms. The molecule has 0 aliphatic carbocycles. The van der Waals surface area contributed by atoms with Crippen molar-refractivity contribution in [2.75, 3.05) is 11.1 Å². The molecule has 0 atom stereocenters. The lowest BCUT2D eigenvalue weighted by atomic mass is 10.1. The SMILES string of the molecule is Cc1ccc(C(=O)Cl)c(F)c1.Cc1ccc(C(=O)Nc2cccc(S(N)(=O)=O)c2)c(F)c1.Nc1cccc(S(N)(=O)=O)c1. The fourth-order valence-corrected chi connectivity index (χ4v) is 4.51. The number of rotatable bonds is 5. The molecular formula is C28H27ClF2N4O6S2. The number of nitrogens with one attached hydrogen (secondary N) is 1. The van der Waals surface area contributed by atoms with Gasteiger partial charge in [0.2, 0.25) is 20.0 Å². The number of aryl methyl sites for hydroxylation is 2. The number of halogens is 3. The third-order valence-electron chi connectivity index (χ3n) is 5.31. The molecule has 0 unspecified atom stereocenters. The van der Waals surface area contributed by atoms with Crippen molar-refractivity contribution in [3.63, 3.8) is 0 Å². The van der Waals surface area contributed by atoms with Crippen LogP contribution in [0.15, 0.2) is 94.7 Å². The van der Waals surface area contributed by atoms with Crippen LogP contribution in [0.4, 0.5) is 20.2 Å². The highest BCUT2D eigenvalue weighted by atomic mass is 35.5. The van der Waals surface area contributed by atoms with Crippen molar-refractivity contribution in [3.05, 3.63) is 119 Å². The summed E-state index contributed by atoms with van der Waals surface area (Å²) in [5.41, 5.74) is 7.20. The molecule has 4 rings (SSSR count). The van der Waals surface area contributed by atoms with E-state index in [1.165, 1.54) is 66.7 Å². The molecule has 0 fully saturated rings. The van der Waals surface area contributed by atoms with Gasteiger partial charge in [0.25, 0.3) is 11.1 Å². The van der Waals surface area contributed by atoms with Crippen LogP contribution in [0.2, 0.25) is 0 Å². The Labute approximate surface area is 252 Å². The first kappa shape index (κ1) is 35.0. The molecule has 0 aliphatic rings. The van der Waals surface area contributed by atoms with E-state index >= 15 is 0 Å². The summed E-state index contributed by atoms with van der Waals surface area (Å²) >= 11 is 5.08. The molecule has 4 aromatic carbocycles. The van der Waals surface area contributed by atoms with Crippen LogP contribution < -0.4 is 21.3 Å². The summed E-state index contributed by atoms with van der Waals surface area (Å²) in [4.78, 5) is 22.4. The van der Waals surface area contributed by atoms with Crippen LogP contribution in [0.5, 0.6) is 0 Å². The first-order valence-corrected chi connectivity index (χ1v) is 15.4. The maximum Gasteiger partial charge on any atom is 0.258 e. The zero-order chi connectivity index (χ0) is 32.5. The number of sulfonamides is 2. The van der Waals surface area contributed by atoms with Gasteiger partial charge in [-0.1, -0.05) is 24.3 Å². The number of primary sulfonamides is 2. The maximum atomic E-state index is 13.7. The first-order valence-electron chi connectivity index (χ1n) is 11.9. The Morgan fingerprint density at radius 3 is 1.58 bits per heavy atom. The molecule has 10 nitrogen and oxygen atoms in total. The fourth-order valence-electron chi connectivity index (χ4n) is 3.22. The average molecular weight is 653 g/mol. The van der Waals surface area contributed by atoms with Gasteiger partial charge in [-0.2, -0.15) is 0 Å². The van der Waals surface area contributed by atoms with Crippen LogP contribution in [0.25, 0.3) is 0 Å². The fraction of sp³-hybridized carbons (Fsp3) is 0.0714. The Hall–Kier alpha value is -4.21. The molecule has 0 saturated carbocycles. The van der Waals surface area contributed by atoms with Crippen molar-refractivity contribution in [2.24, 2.45) is 10.3 Å². The summed E-state index contributed by atoms with van der Waals surface area (Å²) in [5.74, 6) is -1.88. The van der Waals surface area contributed by atoms with E-state index in [0.717, 1.165) is 5.56 Å². The summed E-state index contributed by atoms with van der Waals surface area (Å²) in [6, 6.07) is 19.8. The molecule has 0 aliphatic heterocycles. The number of hydrogen-bond acceptors (Lipinski definition) is 7. The van der Waals surface area contributed by atoms with Crippen molar-refractivity contribution < 1.29 is 35.2 Å². The first-order chi connectivity index (χ1) is 19.9. The van der Waals surface area contributed by atoms with Gasteiger partial charge < -0.3 is 11.1 Å². The van der Waals surface area contributed by atoms with Crippen molar-refractivity contribution in [2.45, 2.75) is 23.6 Å². The van der Waals surface area contributed by atoms with Gasteiger partial charge in [-0.15, -0.1) is 0 Å². The van der Waals surface area contributed by atoms with E-state index in [9.17, 15) is 35.2 Å². The zero-order valence-electron chi connectivity index (χ0n) is 22.7. The second-order valence-corrected chi connectivity index (χ2v) is 12.4. The number of hydrogen-bond donors (Lipinski definition) is 4. The van der Waals surface area contributed by atoms with Crippen molar-refractivity contribution in [1.29, 1.82) is 0 Å². The number of anilines is 2. The lowest BCUT2D eigenvalue weighted by Crippen LogP contribution is -2.15. The monoisotopic (exact) mass is 652 g/mol. The standard InChI is InChI=1S/C14H13FN2O3S.C8H6ClFO.C6H8N2O2S/c1-9-5-6-12(13(15)7-9)14(18)17-10-3-2-4-11(8-10)21(16,19)20;1-5-2-3-6(8(9)11)7(10)4-5;7-5-2-1-3-6(4-5)11(8,9)10/h2-8H,1H3,(H,17,18)(H2,16,19,20);2-4H,1H3;1-4H,7H2,(H2,8,9,10). The molecule has 0 heterocycles. The van der Waals surface area contributed by atoms with E-state index in [1.54, 1.807) is 32.0 Å². The van der Waals surface area contributed by atoms with Crippen LogP contribution in [0.3, 0.4) is 0 Å². The number of benzene rings is 4. The lowest BCUT2D eigenvalue weighted by molar-refractivity contribution is 0.102. The molecule has 7 N–H and O–H groups in total. The lowest BCUT2D eigenvalue weighted by Gasteiger charge is -2.08. The van der Waals surface area contributed by atoms with Crippen LogP contribution in [-0.2, 0) is 20.0 Å². The minimum Gasteiger partial charge on any atom is -0.399 e. The number of carbonyl (C=O) groups excluding carboxylic acids is 2. The van der Waals surface area contributed by atoms with Crippen molar-refractivity contribution >= 4 is 54.2 Å². The summed E-state index contributed by atoms with van der Waals surface area (Å²) in [5, 5.41) is 11.5. The van der Waals surface area contributed by atoms with Crippen LogP contribution in [0, 0.1) is 25.5 Å². The zero-order valence-corrected chi connectivity index (χ0v) is 25.1. The highest BCUT2D eigenvalue weighted by Gasteiger charge is 2.14. The molecule has 0 saturated heterocycles. The summed E-state index contributed by atoms with van der Waals surface area (Å²) in [7, 11) is -7.47. The van der Waals surface area contributed by atoms with Gasteiger partial charge in [0.1, 0.15) is 11.6 Å². The Kier molecular flexibility index (Phi) is 12.0. The van der Waals surface area contributed by atoms with E-state index in [-0.39, 0.29) is 26.6 Å². The van der Waals surface area contributed by atoms with Gasteiger partial charge in [-0.25, -0.2) is 35.9 Å². The Balaban J connectivity index is 0.000000247. The van der Waals surface area contributed by atoms with E-state index in [0.29, 0.717) is 11.3 Å². The Morgan fingerprint density at radius 1 is 0.698 bits per heavy atom. The summed E-state index contributed by atoms with van der Waals surface area (Å²) in [6.45, 7) is 3.45. The molecule has 228 valence electrons. The topological polar surface area (TPSA) is 193 Å². The maximum absolute atomic E-state index is 13.7. The number of nitrogen functional groups attached to an aromatic ring is 1. The second kappa shape index (κ2) is 14.8. The van der Waals surface area contributed by atoms with E-state index in [1.807, 2.05) is 0 Å². The molecule has 4 aromatic rings. The molecule has 15 heteroatoms. The predicted molar refractivity (Wildman–Crippen MR) is 160 cm³/mol. The van der Waals surface area contributed by atoms with E-state index < -0.39 is 42.8 Å². The second-order valence-electron chi connectivity index (χ2n) is 8.88. The number of amides is 1. The Morgan fingerprint density at radius 2 is 1.16 bits per heavy atom. The van der Waals surface area contributed by atoms with Gasteiger partial charge in [-0.3, -0.25) is 9.59 Å². The number of carbonyl (C=O) groups is 2. The third kappa shape index (κ3) is 11.2. The molecule has 0 bridgehead atoms. The molecule has 0 aromatic heterocycles. The largest absolute Gasteiger partial charge is 0.399 e.